The highest BCUT2D eigenvalue weighted by Gasteiger charge is 1.98. The van der Waals surface area contributed by atoms with Crippen molar-refractivity contribution in [2.45, 2.75) is 6.61 Å². The van der Waals surface area contributed by atoms with Crippen LogP contribution in [0.15, 0.2) is 34.9 Å². The fourth-order valence-corrected chi connectivity index (χ4v) is 1.22. The Kier molecular flexibility index (Phi) is 2.00. The monoisotopic (exact) mass is 176 g/mol. The van der Waals surface area contributed by atoms with Gasteiger partial charge in [-0.25, -0.2) is 0 Å². The number of carbonyl (C=O) groups is 1. The van der Waals surface area contributed by atoms with Gasteiger partial charge in [-0.05, 0) is 17.7 Å². The Hall–Kier alpha value is -1.77. The molecule has 3 nitrogen and oxygen atoms in total. The van der Waals surface area contributed by atoms with E-state index in [1.54, 1.807) is 6.26 Å². The fraction of sp³-hybridized carbons (Fsp3) is 0.100. The molecule has 0 amide bonds. The summed E-state index contributed by atoms with van der Waals surface area (Å²) in [6.07, 6.45) is 1.63. The molecule has 0 radical (unpaired) electrons. The Morgan fingerprint density at radius 3 is 3.15 bits per heavy atom. The lowest BCUT2D eigenvalue weighted by atomic mass is 10.2. The van der Waals surface area contributed by atoms with E-state index in [0.29, 0.717) is 13.1 Å². The van der Waals surface area contributed by atoms with E-state index >= 15 is 0 Å². The molecule has 0 aliphatic heterocycles. The SMILES string of the molecule is O=COCc1ccc2ccoc2c1. The van der Waals surface area contributed by atoms with Gasteiger partial charge in [0.2, 0.25) is 0 Å². The van der Waals surface area contributed by atoms with E-state index < -0.39 is 0 Å². The molecule has 2 aromatic rings. The standard InChI is InChI=1S/C10H8O3/c11-7-12-6-8-1-2-9-3-4-13-10(9)5-8/h1-5,7H,6H2. The Morgan fingerprint density at radius 1 is 1.38 bits per heavy atom. The van der Waals surface area contributed by atoms with Gasteiger partial charge in [0.15, 0.2) is 0 Å². The molecule has 1 aromatic heterocycles. The summed E-state index contributed by atoms with van der Waals surface area (Å²) in [5.74, 6) is 0. The van der Waals surface area contributed by atoms with E-state index in [1.165, 1.54) is 0 Å². The van der Waals surface area contributed by atoms with Gasteiger partial charge in [0, 0.05) is 5.39 Å². The maximum Gasteiger partial charge on any atom is 0.293 e. The lowest BCUT2D eigenvalue weighted by Gasteiger charge is -1.97. The maximum atomic E-state index is 9.95. The van der Waals surface area contributed by atoms with Crippen molar-refractivity contribution in [3.05, 3.63) is 36.1 Å². The van der Waals surface area contributed by atoms with Crippen LogP contribution >= 0.6 is 0 Å². The van der Waals surface area contributed by atoms with Gasteiger partial charge in [0.25, 0.3) is 6.47 Å². The van der Waals surface area contributed by atoms with Gasteiger partial charge in [-0.1, -0.05) is 12.1 Å². The molecule has 13 heavy (non-hydrogen) atoms. The largest absolute Gasteiger partial charge is 0.464 e. The smallest absolute Gasteiger partial charge is 0.293 e. The molecular formula is C10H8O3. The minimum absolute atomic E-state index is 0.292. The first-order valence-electron chi connectivity index (χ1n) is 3.91. The van der Waals surface area contributed by atoms with Crippen LogP contribution in [0.5, 0.6) is 0 Å². The summed E-state index contributed by atoms with van der Waals surface area (Å²) in [5.41, 5.74) is 1.74. The van der Waals surface area contributed by atoms with E-state index in [4.69, 9.17) is 4.42 Å². The van der Waals surface area contributed by atoms with Crippen LogP contribution in [0.25, 0.3) is 11.0 Å². The van der Waals surface area contributed by atoms with Crippen molar-refractivity contribution in [1.29, 1.82) is 0 Å². The van der Waals surface area contributed by atoms with Crippen molar-refractivity contribution >= 4 is 17.4 Å². The third kappa shape index (κ3) is 1.54. The van der Waals surface area contributed by atoms with Crippen LogP contribution in [0.4, 0.5) is 0 Å². The van der Waals surface area contributed by atoms with E-state index in [0.717, 1.165) is 16.5 Å². The van der Waals surface area contributed by atoms with Crippen LogP contribution in [0.1, 0.15) is 5.56 Å². The second kappa shape index (κ2) is 3.31. The first-order chi connectivity index (χ1) is 6.40. The summed E-state index contributed by atoms with van der Waals surface area (Å²) in [6, 6.07) is 7.59. The van der Waals surface area contributed by atoms with Gasteiger partial charge in [-0.2, -0.15) is 0 Å². The van der Waals surface area contributed by atoms with Crippen molar-refractivity contribution < 1.29 is 13.9 Å². The third-order valence-electron chi connectivity index (χ3n) is 1.84. The normalized spacial score (nSPS) is 10.2. The highest BCUT2D eigenvalue weighted by molar-refractivity contribution is 5.77. The van der Waals surface area contributed by atoms with E-state index in [1.807, 2.05) is 24.3 Å². The third-order valence-corrected chi connectivity index (χ3v) is 1.84. The maximum absolute atomic E-state index is 9.95. The summed E-state index contributed by atoms with van der Waals surface area (Å²) in [7, 11) is 0. The summed E-state index contributed by atoms with van der Waals surface area (Å²) in [5, 5.41) is 1.05. The molecule has 3 heteroatoms. The van der Waals surface area contributed by atoms with Gasteiger partial charge in [0.1, 0.15) is 12.2 Å². The van der Waals surface area contributed by atoms with Gasteiger partial charge < -0.3 is 9.15 Å². The van der Waals surface area contributed by atoms with Gasteiger partial charge in [0.05, 0.1) is 6.26 Å². The average Bonchev–Trinajstić information content (AvgIpc) is 2.61. The molecule has 0 aliphatic carbocycles. The molecule has 0 N–H and O–H groups in total. The molecule has 0 atom stereocenters. The van der Waals surface area contributed by atoms with E-state index in [2.05, 4.69) is 4.74 Å². The second-order valence-electron chi connectivity index (χ2n) is 2.70. The molecule has 66 valence electrons. The van der Waals surface area contributed by atoms with E-state index in [9.17, 15) is 4.79 Å². The number of hydrogen-bond acceptors (Lipinski definition) is 3. The molecule has 0 bridgehead atoms. The summed E-state index contributed by atoms with van der Waals surface area (Å²) < 4.78 is 9.82. The molecule has 0 unspecified atom stereocenters. The van der Waals surface area contributed by atoms with Crippen LogP contribution in [0.3, 0.4) is 0 Å². The molecular weight excluding hydrogens is 168 g/mol. The molecule has 0 saturated heterocycles. The highest BCUT2D eigenvalue weighted by atomic mass is 16.5. The number of furan rings is 1. The first kappa shape index (κ1) is 7.86. The molecule has 0 saturated carbocycles. The van der Waals surface area contributed by atoms with Crippen LogP contribution in [0, 0.1) is 0 Å². The Balaban J connectivity index is 2.31. The van der Waals surface area contributed by atoms with Crippen LogP contribution in [0.2, 0.25) is 0 Å². The summed E-state index contributed by atoms with van der Waals surface area (Å²) >= 11 is 0. The zero-order valence-corrected chi connectivity index (χ0v) is 6.90. The molecule has 0 fully saturated rings. The first-order valence-corrected chi connectivity index (χ1v) is 3.91. The molecule has 0 spiro atoms. The Bertz CT molecular complexity index is 417. The minimum atomic E-state index is 0.292. The molecule has 2 rings (SSSR count). The zero-order valence-electron chi connectivity index (χ0n) is 6.90. The molecule has 1 heterocycles. The van der Waals surface area contributed by atoms with Gasteiger partial charge in [-0.3, -0.25) is 4.79 Å². The van der Waals surface area contributed by atoms with Crippen LogP contribution < -0.4 is 0 Å². The lowest BCUT2D eigenvalue weighted by molar-refractivity contribution is -0.129. The number of hydrogen-bond donors (Lipinski definition) is 0. The molecule has 0 aliphatic rings. The quantitative estimate of drug-likeness (QED) is 0.672. The number of benzene rings is 1. The van der Waals surface area contributed by atoms with Crippen molar-refractivity contribution in [2.24, 2.45) is 0 Å². The number of rotatable bonds is 3. The topological polar surface area (TPSA) is 39.4 Å². The lowest BCUT2D eigenvalue weighted by Crippen LogP contribution is -1.88. The second-order valence-corrected chi connectivity index (χ2v) is 2.70. The van der Waals surface area contributed by atoms with Crippen molar-refractivity contribution in [3.63, 3.8) is 0 Å². The Labute approximate surface area is 74.9 Å². The van der Waals surface area contributed by atoms with Gasteiger partial charge in [-0.15, -0.1) is 0 Å². The number of ether oxygens (including phenoxy) is 1. The predicted molar refractivity (Wildman–Crippen MR) is 47.1 cm³/mol. The minimum Gasteiger partial charge on any atom is -0.464 e. The Morgan fingerprint density at radius 2 is 2.31 bits per heavy atom. The van der Waals surface area contributed by atoms with Gasteiger partial charge >= 0.3 is 0 Å². The van der Waals surface area contributed by atoms with Crippen LogP contribution in [-0.4, -0.2) is 6.47 Å². The van der Waals surface area contributed by atoms with Crippen molar-refractivity contribution in [3.8, 4) is 0 Å². The average molecular weight is 176 g/mol. The predicted octanol–water partition coefficient (Wildman–Crippen LogP) is 2.11. The van der Waals surface area contributed by atoms with Crippen molar-refractivity contribution in [1.82, 2.24) is 0 Å². The summed E-state index contributed by atoms with van der Waals surface area (Å²) in [6.45, 7) is 0.729. The number of fused-ring (bicyclic) bond motifs is 1. The number of carbonyl (C=O) groups excluding carboxylic acids is 1. The van der Waals surface area contributed by atoms with E-state index in [-0.39, 0.29) is 0 Å². The molecule has 1 aromatic carbocycles. The summed E-state index contributed by atoms with van der Waals surface area (Å²) in [4.78, 5) is 9.95. The van der Waals surface area contributed by atoms with Crippen LogP contribution in [-0.2, 0) is 16.1 Å². The van der Waals surface area contributed by atoms with Crippen molar-refractivity contribution in [2.75, 3.05) is 0 Å². The fourth-order valence-electron chi connectivity index (χ4n) is 1.22. The highest BCUT2D eigenvalue weighted by Crippen LogP contribution is 2.17. The zero-order chi connectivity index (χ0) is 9.10.